The number of hydrogen-bond acceptors (Lipinski definition) is 10. The molecule has 296 valence electrons. The van der Waals surface area contributed by atoms with Gasteiger partial charge in [0.2, 0.25) is 0 Å². The Balaban J connectivity index is 2.54. The summed E-state index contributed by atoms with van der Waals surface area (Å²) in [5.74, 6) is -1.07. The summed E-state index contributed by atoms with van der Waals surface area (Å²) in [7, 11) is 0. The van der Waals surface area contributed by atoms with Gasteiger partial charge in [0.15, 0.2) is 12.4 Å². The molecule has 53 heavy (non-hydrogen) atoms. The first-order valence-electron chi connectivity index (χ1n) is 19.0. The van der Waals surface area contributed by atoms with Gasteiger partial charge in [0, 0.05) is 6.42 Å². The van der Waals surface area contributed by atoms with Crippen LogP contribution in [0.25, 0.3) is 0 Å². The maximum atomic E-state index is 12.6. The van der Waals surface area contributed by atoms with Gasteiger partial charge < -0.3 is 39.4 Å². The van der Waals surface area contributed by atoms with Crippen LogP contribution in [0.5, 0.6) is 0 Å². The van der Waals surface area contributed by atoms with Gasteiger partial charge in [-0.05, 0) is 64.2 Å². The van der Waals surface area contributed by atoms with E-state index in [-0.39, 0.29) is 26.1 Å². The van der Waals surface area contributed by atoms with Gasteiger partial charge >= 0.3 is 11.9 Å². The van der Waals surface area contributed by atoms with Crippen LogP contribution in [0.4, 0.5) is 0 Å². The molecule has 1 aliphatic heterocycles. The number of esters is 2. The predicted octanol–water partition coefficient (Wildman–Crippen LogP) is 6.98. The molecule has 0 aromatic carbocycles. The van der Waals surface area contributed by atoms with Gasteiger partial charge in [0.05, 0.1) is 19.6 Å². The average Bonchev–Trinajstić information content (AvgIpc) is 3.15. The monoisotopic (exact) mass is 740 g/mol. The van der Waals surface area contributed by atoms with Crippen molar-refractivity contribution >= 4 is 11.9 Å². The Labute approximate surface area is 317 Å². The van der Waals surface area contributed by atoms with Gasteiger partial charge in [-0.15, -0.1) is 0 Å². The van der Waals surface area contributed by atoms with Crippen molar-refractivity contribution in [3.05, 3.63) is 109 Å². The molecule has 4 N–H and O–H groups in total. The lowest BCUT2D eigenvalue weighted by atomic mass is 9.99. The molecular weight excluding hydrogens is 676 g/mol. The first-order chi connectivity index (χ1) is 25.8. The predicted molar refractivity (Wildman–Crippen MR) is 210 cm³/mol. The fourth-order valence-electron chi connectivity index (χ4n) is 4.74. The summed E-state index contributed by atoms with van der Waals surface area (Å²) in [6.45, 7) is 2.96. The van der Waals surface area contributed by atoms with Gasteiger partial charge in [-0.25, -0.2) is 0 Å². The Kier molecular flexibility index (Phi) is 29.5. The van der Waals surface area contributed by atoms with Crippen LogP contribution in [0.3, 0.4) is 0 Å². The smallest absolute Gasteiger partial charge is 0.310 e. The molecule has 0 amide bonds. The summed E-state index contributed by atoms with van der Waals surface area (Å²) in [6.07, 6.45) is 37.2. The molecule has 10 heteroatoms. The molecule has 1 fully saturated rings. The SMILES string of the molecule is CC/C=C\C/C=C\C/C=C\C/C=C\C/C=C\CC(=O)OC(COC(=O)CC/C=C\C/C=C\C/C=C\C/C=C\CC)COC1OC(CO)C(O)C(O)C1O. The highest BCUT2D eigenvalue weighted by atomic mass is 16.7. The Bertz CT molecular complexity index is 1220. The van der Waals surface area contributed by atoms with Crippen LogP contribution in [0.2, 0.25) is 0 Å². The second-order valence-electron chi connectivity index (χ2n) is 12.3. The van der Waals surface area contributed by atoms with Crippen molar-refractivity contribution in [2.45, 2.75) is 128 Å². The van der Waals surface area contributed by atoms with Crippen molar-refractivity contribution < 1.29 is 49.0 Å². The lowest BCUT2D eigenvalue weighted by Crippen LogP contribution is -2.59. The van der Waals surface area contributed by atoms with Crippen molar-refractivity contribution in [1.29, 1.82) is 0 Å². The van der Waals surface area contributed by atoms with E-state index in [0.717, 1.165) is 51.4 Å². The van der Waals surface area contributed by atoms with E-state index in [9.17, 15) is 30.0 Å². The number of hydrogen-bond donors (Lipinski definition) is 4. The summed E-state index contributed by atoms with van der Waals surface area (Å²) in [5, 5.41) is 39.9. The van der Waals surface area contributed by atoms with Crippen LogP contribution in [-0.2, 0) is 28.5 Å². The van der Waals surface area contributed by atoms with E-state index in [4.69, 9.17) is 18.9 Å². The van der Waals surface area contributed by atoms with Crippen molar-refractivity contribution in [3.63, 3.8) is 0 Å². The van der Waals surface area contributed by atoms with Crippen LogP contribution in [0.15, 0.2) is 109 Å². The summed E-state index contributed by atoms with van der Waals surface area (Å²) < 4.78 is 21.8. The number of carbonyl (C=O) groups is 2. The maximum Gasteiger partial charge on any atom is 0.310 e. The van der Waals surface area contributed by atoms with Crippen molar-refractivity contribution in [3.8, 4) is 0 Å². The number of aliphatic hydroxyl groups is 4. The van der Waals surface area contributed by atoms with Gasteiger partial charge in [0.25, 0.3) is 0 Å². The van der Waals surface area contributed by atoms with Crippen molar-refractivity contribution in [1.82, 2.24) is 0 Å². The summed E-state index contributed by atoms with van der Waals surface area (Å²) in [5.41, 5.74) is 0. The highest BCUT2D eigenvalue weighted by Crippen LogP contribution is 2.22. The fraction of sp³-hybridized carbons (Fsp3) is 0.535. The molecule has 6 unspecified atom stereocenters. The highest BCUT2D eigenvalue weighted by molar-refractivity contribution is 5.71. The van der Waals surface area contributed by atoms with Gasteiger partial charge in [-0.2, -0.15) is 0 Å². The zero-order valence-corrected chi connectivity index (χ0v) is 31.7. The van der Waals surface area contributed by atoms with Crippen molar-refractivity contribution in [2.75, 3.05) is 19.8 Å². The molecule has 1 aliphatic rings. The highest BCUT2D eigenvalue weighted by Gasteiger charge is 2.44. The topological polar surface area (TPSA) is 152 Å². The Morgan fingerprint density at radius 3 is 1.51 bits per heavy atom. The summed E-state index contributed by atoms with van der Waals surface area (Å²) in [4.78, 5) is 25.1. The number of allylic oxidation sites excluding steroid dienone is 17. The molecule has 0 radical (unpaired) electrons. The molecule has 1 saturated heterocycles. The van der Waals surface area contributed by atoms with E-state index in [0.29, 0.717) is 12.8 Å². The molecule has 0 bridgehead atoms. The third-order valence-corrected chi connectivity index (χ3v) is 7.70. The number of ether oxygens (including phenoxy) is 4. The second kappa shape index (κ2) is 33.0. The molecule has 0 aliphatic carbocycles. The minimum Gasteiger partial charge on any atom is -0.462 e. The minimum absolute atomic E-state index is 0.0240. The maximum absolute atomic E-state index is 12.6. The standard InChI is InChI=1S/C43H64O10/c1-3-5-7-9-11-13-15-17-18-20-22-24-26-28-30-32-39(46)52-36(35-51-43-42(49)41(48)40(47)37(33-44)53-43)34-50-38(45)31-29-27-25-23-21-19-16-14-12-10-8-6-4-2/h5-8,11-14,17-19,21-22,24-25,27-28,30,36-37,40-44,47-49H,3-4,9-10,15-16,20,23,26,29,31-35H2,1-2H3/b7-5-,8-6-,13-11-,14-12-,18-17-,21-19-,24-22-,27-25-,30-28-. The number of rotatable bonds is 28. The van der Waals surface area contributed by atoms with E-state index < -0.39 is 55.4 Å². The minimum atomic E-state index is -1.63. The van der Waals surface area contributed by atoms with E-state index in [1.165, 1.54) is 0 Å². The van der Waals surface area contributed by atoms with E-state index >= 15 is 0 Å². The normalized spacial score (nSPS) is 22.1. The van der Waals surface area contributed by atoms with Gasteiger partial charge in [-0.3, -0.25) is 9.59 Å². The third-order valence-electron chi connectivity index (χ3n) is 7.70. The molecule has 0 aromatic heterocycles. The molecular formula is C43H64O10. The van der Waals surface area contributed by atoms with Crippen LogP contribution >= 0.6 is 0 Å². The summed E-state index contributed by atoms with van der Waals surface area (Å²) in [6, 6.07) is 0. The molecule has 6 atom stereocenters. The van der Waals surface area contributed by atoms with Crippen molar-refractivity contribution in [2.24, 2.45) is 0 Å². The lowest BCUT2D eigenvalue weighted by molar-refractivity contribution is -0.305. The molecule has 0 spiro atoms. The zero-order chi connectivity index (χ0) is 38.8. The summed E-state index contributed by atoms with van der Waals surface area (Å²) >= 11 is 0. The van der Waals surface area contributed by atoms with Gasteiger partial charge in [0.1, 0.15) is 31.0 Å². The van der Waals surface area contributed by atoms with Crippen LogP contribution in [0, 0.1) is 0 Å². The second-order valence-corrected chi connectivity index (χ2v) is 12.3. The van der Waals surface area contributed by atoms with E-state index in [1.807, 2.05) is 24.3 Å². The third kappa shape index (κ3) is 25.1. The molecule has 1 heterocycles. The Morgan fingerprint density at radius 2 is 1.04 bits per heavy atom. The quantitative estimate of drug-likeness (QED) is 0.0488. The van der Waals surface area contributed by atoms with Crippen LogP contribution < -0.4 is 0 Å². The molecule has 0 aromatic rings. The first-order valence-corrected chi connectivity index (χ1v) is 19.0. The first kappa shape index (κ1) is 47.4. The average molecular weight is 741 g/mol. The largest absolute Gasteiger partial charge is 0.462 e. The van der Waals surface area contributed by atoms with Crippen LogP contribution in [0.1, 0.15) is 90.9 Å². The fourth-order valence-corrected chi connectivity index (χ4v) is 4.74. The Hall–Kier alpha value is -3.64. The molecule has 1 rings (SSSR count). The number of carbonyl (C=O) groups excluding carboxylic acids is 2. The van der Waals surface area contributed by atoms with Gasteiger partial charge in [-0.1, -0.05) is 123 Å². The van der Waals surface area contributed by atoms with Crippen LogP contribution in [-0.4, -0.2) is 89.0 Å². The Morgan fingerprint density at radius 1 is 0.585 bits per heavy atom. The molecule has 0 saturated carbocycles. The van der Waals surface area contributed by atoms with E-state index in [2.05, 4.69) is 92.8 Å². The lowest BCUT2D eigenvalue weighted by Gasteiger charge is -2.39. The zero-order valence-electron chi connectivity index (χ0n) is 31.7. The van der Waals surface area contributed by atoms with E-state index in [1.54, 1.807) is 6.08 Å². The molecule has 10 nitrogen and oxygen atoms in total. The number of aliphatic hydroxyl groups excluding tert-OH is 4.